The van der Waals surface area contributed by atoms with Crippen LogP contribution in [0.1, 0.15) is 11.1 Å². The number of nitrogens with one attached hydrogen (secondary N) is 2. The van der Waals surface area contributed by atoms with Crippen LogP contribution in [0, 0.1) is 12.7 Å². The highest BCUT2D eigenvalue weighted by atomic mass is 19.1. The Morgan fingerprint density at radius 3 is 2.53 bits per heavy atom. The first kappa shape index (κ1) is 22.7. The van der Waals surface area contributed by atoms with Crippen molar-refractivity contribution >= 4 is 17.5 Å². The first-order valence-electron chi connectivity index (χ1n) is 9.91. The Labute approximate surface area is 183 Å². The van der Waals surface area contributed by atoms with Crippen molar-refractivity contribution in [2.45, 2.75) is 25.9 Å². The maximum Gasteiger partial charge on any atom is 0.328 e. The second-order valence-electron chi connectivity index (χ2n) is 7.39. The van der Waals surface area contributed by atoms with Crippen LogP contribution in [-0.2, 0) is 22.6 Å². The summed E-state index contributed by atoms with van der Waals surface area (Å²) >= 11 is 0. The van der Waals surface area contributed by atoms with Crippen molar-refractivity contribution in [3.8, 4) is 0 Å². The van der Waals surface area contributed by atoms with E-state index in [0.29, 0.717) is 5.69 Å². The summed E-state index contributed by atoms with van der Waals surface area (Å²) in [6, 6.07) is 13.7. The first-order chi connectivity index (χ1) is 15.2. The minimum atomic E-state index is -0.960. The second kappa shape index (κ2) is 9.86. The topological polar surface area (TPSA) is 104 Å². The van der Waals surface area contributed by atoms with Crippen molar-refractivity contribution in [3.05, 3.63) is 98.6 Å². The minimum Gasteiger partial charge on any atom is -0.342 e. The predicted octanol–water partition coefficient (Wildman–Crippen LogP) is 1.37. The van der Waals surface area contributed by atoms with Crippen LogP contribution in [0.2, 0.25) is 0 Å². The van der Waals surface area contributed by atoms with E-state index in [-0.39, 0.29) is 18.5 Å². The highest BCUT2D eigenvalue weighted by molar-refractivity contribution is 5.99. The predicted molar refractivity (Wildman–Crippen MR) is 118 cm³/mol. The molecule has 0 radical (unpaired) electrons. The number of aromatic amines is 1. The van der Waals surface area contributed by atoms with E-state index in [1.165, 1.54) is 43.3 Å². The second-order valence-corrected chi connectivity index (χ2v) is 7.39. The number of benzene rings is 2. The molecule has 1 unspecified atom stereocenters. The van der Waals surface area contributed by atoms with Crippen molar-refractivity contribution in [1.82, 2.24) is 14.9 Å². The van der Waals surface area contributed by atoms with Gasteiger partial charge in [0.05, 0.1) is 0 Å². The van der Waals surface area contributed by atoms with E-state index in [9.17, 15) is 23.6 Å². The Morgan fingerprint density at radius 2 is 1.84 bits per heavy atom. The van der Waals surface area contributed by atoms with Crippen molar-refractivity contribution < 1.29 is 14.0 Å². The number of amides is 2. The normalized spacial score (nSPS) is 11.6. The number of H-pyrrole nitrogens is 1. The van der Waals surface area contributed by atoms with E-state index in [2.05, 4.69) is 10.3 Å². The summed E-state index contributed by atoms with van der Waals surface area (Å²) in [7, 11) is 1.50. The fourth-order valence-corrected chi connectivity index (χ4v) is 3.23. The van der Waals surface area contributed by atoms with E-state index in [4.69, 9.17) is 0 Å². The molecule has 8 nitrogen and oxygen atoms in total. The molecule has 1 atom stereocenters. The molecule has 166 valence electrons. The molecule has 0 aliphatic heterocycles. The number of anilines is 1. The van der Waals surface area contributed by atoms with Gasteiger partial charge in [-0.15, -0.1) is 0 Å². The number of halogens is 1. The molecule has 2 aromatic carbocycles. The Balaban J connectivity index is 1.83. The zero-order valence-corrected chi connectivity index (χ0v) is 17.7. The average Bonchev–Trinajstić information content (AvgIpc) is 2.76. The number of aryl methyl sites for hydroxylation is 1. The van der Waals surface area contributed by atoms with Gasteiger partial charge in [0.25, 0.3) is 5.56 Å². The van der Waals surface area contributed by atoms with Gasteiger partial charge in [0.2, 0.25) is 11.8 Å². The molecule has 32 heavy (non-hydrogen) atoms. The number of carbonyl (C=O) groups is 2. The molecule has 2 amide bonds. The van der Waals surface area contributed by atoms with E-state index >= 15 is 0 Å². The number of hydrogen-bond acceptors (Lipinski definition) is 4. The lowest BCUT2D eigenvalue weighted by Gasteiger charge is -2.25. The number of rotatable bonds is 7. The van der Waals surface area contributed by atoms with Crippen molar-refractivity contribution in [2.24, 2.45) is 0 Å². The van der Waals surface area contributed by atoms with Crippen LogP contribution in [0.25, 0.3) is 0 Å². The number of nitrogens with zero attached hydrogens (tertiary/aromatic N) is 2. The molecule has 0 bridgehead atoms. The summed E-state index contributed by atoms with van der Waals surface area (Å²) in [4.78, 5) is 52.8. The van der Waals surface area contributed by atoms with Gasteiger partial charge < -0.3 is 10.2 Å². The summed E-state index contributed by atoms with van der Waals surface area (Å²) in [6.45, 7) is 1.14. The fraction of sp³-hybridized carbons (Fsp3) is 0.217. The van der Waals surface area contributed by atoms with Crippen molar-refractivity contribution in [2.75, 3.05) is 11.9 Å². The van der Waals surface area contributed by atoms with E-state index < -0.39 is 34.9 Å². The van der Waals surface area contributed by atoms with Crippen LogP contribution in [-0.4, -0.2) is 34.5 Å². The molecule has 1 aromatic heterocycles. The quantitative estimate of drug-likeness (QED) is 0.581. The molecule has 0 aliphatic rings. The summed E-state index contributed by atoms with van der Waals surface area (Å²) in [5, 5.41) is 2.66. The first-order valence-corrected chi connectivity index (χ1v) is 9.91. The molecule has 2 N–H and O–H groups in total. The Morgan fingerprint density at radius 1 is 1.12 bits per heavy atom. The molecule has 0 fully saturated rings. The standard InChI is InChI=1S/C23H23FN4O4/c1-15-13-28(23(32)26-21(15)30)14-20(29)25-19(11-16-7-4-3-5-8-16)22(31)27(2)18-10-6-9-17(24)12-18/h3-10,12-13,19H,11,14H2,1-2H3,(H,25,29)(H,26,30,32). The highest BCUT2D eigenvalue weighted by Gasteiger charge is 2.25. The number of aromatic nitrogens is 2. The van der Waals surface area contributed by atoms with Gasteiger partial charge in [-0.05, 0) is 30.7 Å². The van der Waals surface area contributed by atoms with Crippen LogP contribution < -0.4 is 21.5 Å². The Hall–Kier alpha value is -4.01. The van der Waals surface area contributed by atoms with Gasteiger partial charge in [-0.3, -0.25) is 23.9 Å². The maximum atomic E-state index is 13.6. The summed E-state index contributed by atoms with van der Waals surface area (Å²) in [5.41, 5.74) is 0.185. The van der Waals surface area contributed by atoms with Crippen LogP contribution in [0.15, 0.2) is 70.4 Å². The van der Waals surface area contributed by atoms with Crippen molar-refractivity contribution in [1.29, 1.82) is 0 Å². The highest BCUT2D eigenvalue weighted by Crippen LogP contribution is 2.16. The van der Waals surface area contributed by atoms with E-state index in [1.807, 2.05) is 30.3 Å². The molecule has 0 saturated carbocycles. The summed E-state index contributed by atoms with van der Waals surface area (Å²) < 4.78 is 14.7. The molecular weight excluding hydrogens is 415 g/mol. The van der Waals surface area contributed by atoms with Crippen LogP contribution in [0.3, 0.4) is 0 Å². The van der Waals surface area contributed by atoms with Crippen LogP contribution in [0.5, 0.6) is 0 Å². The molecule has 3 rings (SSSR count). The third kappa shape index (κ3) is 5.57. The largest absolute Gasteiger partial charge is 0.342 e. The molecule has 1 heterocycles. The third-order valence-electron chi connectivity index (χ3n) is 4.94. The summed E-state index contributed by atoms with van der Waals surface area (Å²) in [6.07, 6.45) is 1.48. The van der Waals surface area contributed by atoms with Gasteiger partial charge >= 0.3 is 5.69 Å². The zero-order chi connectivity index (χ0) is 23.3. The van der Waals surface area contributed by atoms with Crippen LogP contribution in [0.4, 0.5) is 10.1 Å². The van der Waals surface area contributed by atoms with Crippen LogP contribution >= 0.6 is 0 Å². The molecular formula is C23H23FN4O4. The van der Waals surface area contributed by atoms with Gasteiger partial charge in [-0.25, -0.2) is 9.18 Å². The molecule has 0 spiro atoms. The van der Waals surface area contributed by atoms with Gasteiger partial charge in [0, 0.05) is 30.9 Å². The Bertz CT molecular complexity index is 1240. The summed E-state index contributed by atoms with van der Waals surface area (Å²) in [5.74, 6) is -1.52. The average molecular weight is 438 g/mol. The fourth-order valence-electron chi connectivity index (χ4n) is 3.23. The lowest BCUT2D eigenvalue weighted by Crippen LogP contribution is -2.50. The number of likely N-dealkylation sites (N-methyl/N-ethyl adjacent to an activating group) is 1. The Kier molecular flexibility index (Phi) is 6.99. The molecule has 0 saturated heterocycles. The van der Waals surface area contributed by atoms with Gasteiger partial charge in [0.1, 0.15) is 18.4 Å². The number of hydrogen-bond donors (Lipinski definition) is 2. The zero-order valence-electron chi connectivity index (χ0n) is 17.7. The molecule has 3 aromatic rings. The smallest absolute Gasteiger partial charge is 0.328 e. The monoisotopic (exact) mass is 438 g/mol. The maximum absolute atomic E-state index is 13.6. The third-order valence-corrected chi connectivity index (χ3v) is 4.94. The minimum absolute atomic E-state index is 0.199. The van der Waals surface area contributed by atoms with E-state index in [0.717, 1.165) is 10.1 Å². The lowest BCUT2D eigenvalue weighted by molar-refractivity contribution is -0.127. The van der Waals surface area contributed by atoms with E-state index in [1.54, 1.807) is 6.07 Å². The molecule has 0 aliphatic carbocycles. The van der Waals surface area contributed by atoms with Gasteiger partial charge in [-0.1, -0.05) is 36.4 Å². The SMILES string of the molecule is Cc1cn(CC(=O)NC(Cc2ccccc2)C(=O)N(C)c2cccc(F)c2)c(=O)[nH]c1=O. The van der Waals surface area contributed by atoms with Gasteiger partial charge in [-0.2, -0.15) is 0 Å². The molecule has 9 heteroatoms. The number of carbonyl (C=O) groups excluding carboxylic acids is 2. The van der Waals surface area contributed by atoms with Crippen molar-refractivity contribution in [3.63, 3.8) is 0 Å². The lowest BCUT2D eigenvalue weighted by atomic mass is 10.0. The van der Waals surface area contributed by atoms with Gasteiger partial charge in [0.15, 0.2) is 0 Å².